The van der Waals surface area contributed by atoms with Crippen LogP contribution in [0.25, 0.3) is 0 Å². The van der Waals surface area contributed by atoms with Crippen LogP contribution in [0.5, 0.6) is 5.75 Å². The zero-order valence-electron chi connectivity index (χ0n) is 7.84. The number of rotatable bonds is 4. The highest BCUT2D eigenvalue weighted by Crippen LogP contribution is 2.33. The lowest BCUT2D eigenvalue weighted by atomic mass is 10.3. The van der Waals surface area contributed by atoms with Gasteiger partial charge in [-0.2, -0.15) is 0 Å². The van der Waals surface area contributed by atoms with Crippen molar-refractivity contribution in [3.05, 3.63) is 28.2 Å². The van der Waals surface area contributed by atoms with Crippen LogP contribution in [-0.2, 0) is 0 Å². The minimum atomic E-state index is -0.0996. The zero-order chi connectivity index (χ0) is 10.6. The van der Waals surface area contributed by atoms with E-state index in [1.54, 1.807) is 18.2 Å². The first kappa shape index (κ1) is 11.6. The number of benzene rings is 1. The smallest absolute Gasteiger partial charge is 0.156 e. The maximum Gasteiger partial charge on any atom is 0.156 e. The van der Waals surface area contributed by atoms with Crippen molar-refractivity contribution in [2.24, 2.45) is 0 Å². The Bertz CT molecular complexity index is 282. The monoisotopic (exact) mass is 234 g/mol. The van der Waals surface area contributed by atoms with E-state index in [9.17, 15) is 0 Å². The molecule has 1 N–H and O–H groups in total. The third-order valence-electron chi connectivity index (χ3n) is 1.77. The molecular formula is C10H12Cl2O2. The first-order chi connectivity index (χ1) is 6.65. The van der Waals surface area contributed by atoms with Gasteiger partial charge in [0.1, 0.15) is 0 Å². The van der Waals surface area contributed by atoms with Crippen molar-refractivity contribution in [3.8, 4) is 5.75 Å². The zero-order valence-corrected chi connectivity index (χ0v) is 9.35. The summed E-state index contributed by atoms with van der Waals surface area (Å²) in [6, 6.07) is 5.19. The Labute approximate surface area is 93.4 Å². The van der Waals surface area contributed by atoms with Gasteiger partial charge in [0.15, 0.2) is 5.75 Å². The van der Waals surface area contributed by atoms with Gasteiger partial charge in [-0.1, -0.05) is 29.3 Å². The van der Waals surface area contributed by atoms with Crippen LogP contribution in [0, 0.1) is 0 Å². The predicted octanol–water partition coefficient (Wildman–Crippen LogP) is 3.14. The van der Waals surface area contributed by atoms with Gasteiger partial charge in [-0.05, 0) is 19.1 Å². The van der Waals surface area contributed by atoms with Crippen LogP contribution in [0.3, 0.4) is 0 Å². The van der Waals surface area contributed by atoms with E-state index < -0.39 is 0 Å². The molecule has 0 fully saturated rings. The topological polar surface area (TPSA) is 29.5 Å². The van der Waals surface area contributed by atoms with E-state index in [0.717, 1.165) is 0 Å². The Morgan fingerprint density at radius 3 is 2.43 bits per heavy atom. The van der Waals surface area contributed by atoms with E-state index in [4.69, 9.17) is 33.0 Å². The first-order valence-corrected chi connectivity index (χ1v) is 5.12. The highest BCUT2D eigenvalue weighted by atomic mass is 35.5. The molecule has 0 aliphatic heterocycles. The molecule has 0 saturated carbocycles. The Hall–Kier alpha value is -0.440. The number of aliphatic hydroxyl groups excluding tert-OH is 1. The molecule has 0 heterocycles. The predicted molar refractivity (Wildman–Crippen MR) is 58.3 cm³/mol. The molecule has 14 heavy (non-hydrogen) atoms. The molecular weight excluding hydrogens is 223 g/mol. The van der Waals surface area contributed by atoms with Crippen molar-refractivity contribution in [3.63, 3.8) is 0 Å². The van der Waals surface area contributed by atoms with Crippen molar-refractivity contribution in [1.82, 2.24) is 0 Å². The van der Waals surface area contributed by atoms with E-state index >= 15 is 0 Å². The normalized spacial score (nSPS) is 12.6. The molecule has 0 saturated heterocycles. The van der Waals surface area contributed by atoms with Crippen LogP contribution in [0.2, 0.25) is 10.0 Å². The Kier molecular flexibility index (Phi) is 4.52. The molecule has 0 aliphatic carbocycles. The van der Waals surface area contributed by atoms with Gasteiger partial charge in [0.25, 0.3) is 0 Å². The van der Waals surface area contributed by atoms with Gasteiger partial charge in [-0.15, -0.1) is 0 Å². The van der Waals surface area contributed by atoms with Gasteiger partial charge in [0.2, 0.25) is 0 Å². The molecule has 0 aromatic heterocycles. The van der Waals surface area contributed by atoms with E-state index in [1.807, 2.05) is 6.92 Å². The number of para-hydroxylation sites is 1. The molecule has 0 radical (unpaired) electrons. The summed E-state index contributed by atoms with van der Waals surface area (Å²) in [5, 5.41) is 9.68. The van der Waals surface area contributed by atoms with Gasteiger partial charge in [0, 0.05) is 13.0 Å². The molecule has 4 heteroatoms. The molecule has 78 valence electrons. The van der Waals surface area contributed by atoms with E-state index in [0.29, 0.717) is 22.2 Å². The SMILES string of the molecule is CC(CCO)Oc1c(Cl)cccc1Cl. The van der Waals surface area contributed by atoms with Crippen LogP contribution < -0.4 is 4.74 Å². The Morgan fingerprint density at radius 1 is 1.36 bits per heavy atom. The van der Waals surface area contributed by atoms with Gasteiger partial charge in [0.05, 0.1) is 16.1 Å². The fourth-order valence-electron chi connectivity index (χ4n) is 1.04. The number of ether oxygens (including phenoxy) is 1. The number of aliphatic hydroxyl groups is 1. The average molecular weight is 235 g/mol. The summed E-state index contributed by atoms with van der Waals surface area (Å²) in [6.45, 7) is 1.94. The first-order valence-electron chi connectivity index (χ1n) is 4.36. The number of hydrogen-bond donors (Lipinski definition) is 1. The van der Waals surface area contributed by atoms with Gasteiger partial charge in [-0.3, -0.25) is 0 Å². The second-order valence-corrected chi connectivity index (χ2v) is 3.81. The molecule has 1 aromatic carbocycles. The van der Waals surface area contributed by atoms with Gasteiger partial charge in [-0.25, -0.2) is 0 Å². The number of halogens is 2. The molecule has 0 spiro atoms. The lowest BCUT2D eigenvalue weighted by Gasteiger charge is -2.15. The fraction of sp³-hybridized carbons (Fsp3) is 0.400. The summed E-state index contributed by atoms with van der Waals surface area (Å²) in [4.78, 5) is 0. The standard InChI is InChI=1S/C10H12Cl2O2/c1-7(5-6-13)14-10-8(11)3-2-4-9(10)12/h2-4,7,13H,5-6H2,1H3. The van der Waals surface area contributed by atoms with Crippen molar-refractivity contribution in [1.29, 1.82) is 0 Å². The highest BCUT2D eigenvalue weighted by Gasteiger charge is 2.10. The molecule has 0 aliphatic rings. The van der Waals surface area contributed by atoms with Crippen molar-refractivity contribution < 1.29 is 9.84 Å². The highest BCUT2D eigenvalue weighted by molar-refractivity contribution is 6.37. The summed E-state index contributed by atoms with van der Waals surface area (Å²) in [5.74, 6) is 0.483. The van der Waals surface area contributed by atoms with E-state index in [1.165, 1.54) is 0 Å². The van der Waals surface area contributed by atoms with Crippen LogP contribution in [0.4, 0.5) is 0 Å². The van der Waals surface area contributed by atoms with Gasteiger partial charge < -0.3 is 9.84 Å². The summed E-state index contributed by atoms with van der Waals surface area (Å²) >= 11 is 11.8. The third kappa shape index (κ3) is 3.05. The Balaban J connectivity index is 2.75. The average Bonchev–Trinajstić information content (AvgIpc) is 2.12. The van der Waals surface area contributed by atoms with Crippen LogP contribution >= 0.6 is 23.2 Å². The van der Waals surface area contributed by atoms with E-state index in [-0.39, 0.29) is 12.7 Å². The summed E-state index contributed by atoms with van der Waals surface area (Å²) in [7, 11) is 0. The summed E-state index contributed by atoms with van der Waals surface area (Å²) in [5.41, 5.74) is 0. The summed E-state index contributed by atoms with van der Waals surface area (Å²) < 4.78 is 5.49. The van der Waals surface area contributed by atoms with Crippen LogP contribution in [0.15, 0.2) is 18.2 Å². The van der Waals surface area contributed by atoms with Crippen LogP contribution in [0.1, 0.15) is 13.3 Å². The molecule has 2 nitrogen and oxygen atoms in total. The third-order valence-corrected chi connectivity index (χ3v) is 2.37. The van der Waals surface area contributed by atoms with Gasteiger partial charge >= 0.3 is 0 Å². The minimum absolute atomic E-state index is 0.0865. The van der Waals surface area contributed by atoms with Crippen molar-refractivity contribution in [2.75, 3.05) is 6.61 Å². The maximum absolute atomic E-state index is 8.71. The quantitative estimate of drug-likeness (QED) is 0.868. The molecule has 1 rings (SSSR count). The lowest BCUT2D eigenvalue weighted by molar-refractivity contribution is 0.169. The molecule has 1 atom stereocenters. The second kappa shape index (κ2) is 5.44. The second-order valence-electron chi connectivity index (χ2n) is 2.99. The maximum atomic E-state index is 8.71. The molecule has 0 amide bonds. The van der Waals surface area contributed by atoms with Crippen molar-refractivity contribution in [2.45, 2.75) is 19.4 Å². The van der Waals surface area contributed by atoms with E-state index in [2.05, 4.69) is 0 Å². The molecule has 1 unspecified atom stereocenters. The minimum Gasteiger partial charge on any atom is -0.487 e. The molecule has 0 bridgehead atoms. The largest absolute Gasteiger partial charge is 0.487 e. The van der Waals surface area contributed by atoms with Crippen LogP contribution in [-0.4, -0.2) is 17.8 Å². The lowest BCUT2D eigenvalue weighted by Crippen LogP contribution is -2.13. The molecule has 1 aromatic rings. The Morgan fingerprint density at radius 2 is 1.93 bits per heavy atom. The summed E-state index contributed by atoms with van der Waals surface area (Å²) in [6.07, 6.45) is 0.457. The fourth-order valence-corrected chi connectivity index (χ4v) is 1.52. The van der Waals surface area contributed by atoms with Crippen molar-refractivity contribution >= 4 is 23.2 Å². The number of hydrogen-bond acceptors (Lipinski definition) is 2.